The molecular formula is C15H14INO2. The van der Waals surface area contributed by atoms with Crippen LogP contribution < -0.4 is 5.32 Å². The van der Waals surface area contributed by atoms with Gasteiger partial charge < -0.3 is 10.1 Å². The highest BCUT2D eigenvalue weighted by atomic mass is 127. The third-order valence-electron chi connectivity index (χ3n) is 2.77. The SMILES string of the molecule is COC(=O)c1ccccc1CNc1ccccc1I. The maximum atomic E-state index is 11.7. The van der Waals surface area contributed by atoms with Crippen LogP contribution in [0.1, 0.15) is 15.9 Å². The van der Waals surface area contributed by atoms with Crippen molar-refractivity contribution in [3.8, 4) is 0 Å². The van der Waals surface area contributed by atoms with Crippen LogP contribution in [0.15, 0.2) is 48.5 Å². The molecule has 0 amide bonds. The van der Waals surface area contributed by atoms with Crippen LogP contribution in [0.2, 0.25) is 0 Å². The lowest BCUT2D eigenvalue weighted by molar-refractivity contribution is 0.0599. The van der Waals surface area contributed by atoms with E-state index in [-0.39, 0.29) is 5.97 Å². The van der Waals surface area contributed by atoms with Gasteiger partial charge in [-0.2, -0.15) is 0 Å². The van der Waals surface area contributed by atoms with Gasteiger partial charge in [0.1, 0.15) is 0 Å². The second-order valence-corrected chi connectivity index (χ2v) is 5.14. The maximum Gasteiger partial charge on any atom is 0.338 e. The van der Waals surface area contributed by atoms with Crippen molar-refractivity contribution in [2.75, 3.05) is 12.4 Å². The van der Waals surface area contributed by atoms with Crippen molar-refractivity contribution in [1.29, 1.82) is 0 Å². The van der Waals surface area contributed by atoms with E-state index >= 15 is 0 Å². The van der Waals surface area contributed by atoms with Crippen molar-refractivity contribution in [2.24, 2.45) is 0 Å². The van der Waals surface area contributed by atoms with Crippen molar-refractivity contribution >= 4 is 34.2 Å². The predicted molar refractivity (Wildman–Crippen MR) is 84.3 cm³/mol. The number of hydrogen-bond acceptors (Lipinski definition) is 3. The molecule has 0 aliphatic heterocycles. The Morgan fingerprint density at radius 1 is 1.16 bits per heavy atom. The summed E-state index contributed by atoms with van der Waals surface area (Å²) < 4.78 is 5.93. The van der Waals surface area contributed by atoms with E-state index in [0.29, 0.717) is 12.1 Å². The number of hydrogen-bond donors (Lipinski definition) is 1. The Morgan fingerprint density at radius 3 is 2.58 bits per heavy atom. The van der Waals surface area contributed by atoms with Crippen LogP contribution in [0.3, 0.4) is 0 Å². The molecule has 0 fully saturated rings. The van der Waals surface area contributed by atoms with E-state index in [1.54, 1.807) is 6.07 Å². The Bertz CT molecular complexity index is 584. The molecule has 3 nitrogen and oxygen atoms in total. The first-order valence-electron chi connectivity index (χ1n) is 5.87. The van der Waals surface area contributed by atoms with E-state index < -0.39 is 0 Å². The van der Waals surface area contributed by atoms with Gasteiger partial charge in [0.25, 0.3) is 0 Å². The van der Waals surface area contributed by atoms with E-state index in [2.05, 4.69) is 27.9 Å². The van der Waals surface area contributed by atoms with Gasteiger partial charge in [-0.05, 0) is 46.4 Å². The number of esters is 1. The van der Waals surface area contributed by atoms with E-state index in [1.807, 2.05) is 42.5 Å². The van der Waals surface area contributed by atoms with Gasteiger partial charge in [0.05, 0.1) is 12.7 Å². The summed E-state index contributed by atoms with van der Waals surface area (Å²) in [6, 6.07) is 15.5. The van der Waals surface area contributed by atoms with Crippen molar-refractivity contribution in [3.63, 3.8) is 0 Å². The van der Waals surface area contributed by atoms with Crippen LogP contribution >= 0.6 is 22.6 Å². The highest BCUT2D eigenvalue weighted by molar-refractivity contribution is 14.1. The number of ether oxygens (including phenoxy) is 1. The van der Waals surface area contributed by atoms with Crippen molar-refractivity contribution in [1.82, 2.24) is 0 Å². The van der Waals surface area contributed by atoms with Crippen LogP contribution in [-0.2, 0) is 11.3 Å². The minimum atomic E-state index is -0.305. The van der Waals surface area contributed by atoms with Crippen LogP contribution in [0.5, 0.6) is 0 Å². The third-order valence-corrected chi connectivity index (χ3v) is 3.71. The Hall–Kier alpha value is -1.56. The van der Waals surface area contributed by atoms with Gasteiger partial charge in [-0.3, -0.25) is 0 Å². The smallest absolute Gasteiger partial charge is 0.338 e. The molecule has 0 atom stereocenters. The Morgan fingerprint density at radius 2 is 1.84 bits per heavy atom. The van der Waals surface area contributed by atoms with E-state index in [4.69, 9.17) is 4.74 Å². The van der Waals surface area contributed by atoms with E-state index in [1.165, 1.54) is 7.11 Å². The van der Waals surface area contributed by atoms with Gasteiger partial charge in [-0.25, -0.2) is 4.79 Å². The number of benzene rings is 2. The maximum absolute atomic E-state index is 11.7. The number of carbonyl (C=O) groups excluding carboxylic acids is 1. The van der Waals surface area contributed by atoms with Gasteiger partial charge in [-0.15, -0.1) is 0 Å². The normalized spacial score (nSPS) is 10.0. The third kappa shape index (κ3) is 3.47. The minimum Gasteiger partial charge on any atom is -0.465 e. The molecule has 98 valence electrons. The first-order chi connectivity index (χ1) is 9.22. The lowest BCUT2D eigenvalue weighted by Gasteiger charge is -2.11. The zero-order valence-electron chi connectivity index (χ0n) is 10.5. The molecule has 0 saturated heterocycles. The first kappa shape index (κ1) is 13.9. The summed E-state index contributed by atoms with van der Waals surface area (Å²) in [6.07, 6.45) is 0. The van der Waals surface area contributed by atoms with E-state index in [9.17, 15) is 4.79 Å². The second kappa shape index (κ2) is 6.56. The molecule has 0 spiro atoms. The zero-order valence-corrected chi connectivity index (χ0v) is 12.7. The fraction of sp³-hybridized carbons (Fsp3) is 0.133. The molecule has 1 N–H and O–H groups in total. The fourth-order valence-corrected chi connectivity index (χ4v) is 2.36. The van der Waals surface area contributed by atoms with Gasteiger partial charge in [0.2, 0.25) is 0 Å². The van der Waals surface area contributed by atoms with Gasteiger partial charge in [0.15, 0.2) is 0 Å². The summed E-state index contributed by atoms with van der Waals surface area (Å²) in [5, 5.41) is 3.33. The highest BCUT2D eigenvalue weighted by Crippen LogP contribution is 2.19. The lowest BCUT2D eigenvalue weighted by atomic mass is 10.1. The average molecular weight is 367 g/mol. The van der Waals surface area contributed by atoms with Crippen LogP contribution in [0.25, 0.3) is 0 Å². The zero-order chi connectivity index (χ0) is 13.7. The lowest BCUT2D eigenvalue weighted by Crippen LogP contribution is -2.09. The second-order valence-electron chi connectivity index (χ2n) is 3.98. The molecule has 19 heavy (non-hydrogen) atoms. The summed E-state index contributed by atoms with van der Waals surface area (Å²) in [4.78, 5) is 11.7. The standard InChI is InChI=1S/C15H14INO2/c1-19-15(18)12-7-3-2-6-11(12)10-17-14-9-5-4-8-13(14)16/h2-9,17H,10H2,1H3. The number of carbonyl (C=O) groups is 1. The van der Waals surface area contributed by atoms with Crippen molar-refractivity contribution < 1.29 is 9.53 Å². The number of methoxy groups -OCH3 is 1. The molecule has 0 saturated carbocycles. The molecule has 0 unspecified atom stereocenters. The Balaban J connectivity index is 2.16. The molecule has 0 heterocycles. The molecule has 0 bridgehead atoms. The van der Waals surface area contributed by atoms with Crippen LogP contribution in [0.4, 0.5) is 5.69 Å². The molecule has 0 aliphatic rings. The Kier molecular flexibility index (Phi) is 4.79. The quantitative estimate of drug-likeness (QED) is 0.662. The molecule has 0 aromatic heterocycles. The number of halogens is 1. The Labute approximate surface area is 126 Å². The van der Waals surface area contributed by atoms with E-state index in [0.717, 1.165) is 14.8 Å². The monoisotopic (exact) mass is 367 g/mol. The molecule has 0 radical (unpaired) electrons. The topological polar surface area (TPSA) is 38.3 Å². The molecular weight excluding hydrogens is 353 g/mol. The van der Waals surface area contributed by atoms with Crippen molar-refractivity contribution in [3.05, 3.63) is 63.2 Å². The number of para-hydroxylation sites is 1. The molecule has 0 aliphatic carbocycles. The van der Waals surface area contributed by atoms with Crippen molar-refractivity contribution in [2.45, 2.75) is 6.54 Å². The molecule has 2 aromatic carbocycles. The fourth-order valence-electron chi connectivity index (χ4n) is 1.78. The number of anilines is 1. The molecule has 2 rings (SSSR count). The highest BCUT2D eigenvalue weighted by Gasteiger charge is 2.10. The van der Waals surface area contributed by atoms with Gasteiger partial charge in [-0.1, -0.05) is 30.3 Å². The molecule has 4 heteroatoms. The average Bonchev–Trinajstić information content (AvgIpc) is 2.46. The summed E-state index contributed by atoms with van der Waals surface area (Å²) in [6.45, 7) is 0.589. The van der Waals surface area contributed by atoms with Gasteiger partial charge in [0, 0.05) is 15.8 Å². The summed E-state index contributed by atoms with van der Waals surface area (Å²) >= 11 is 2.28. The first-order valence-corrected chi connectivity index (χ1v) is 6.95. The largest absolute Gasteiger partial charge is 0.465 e. The summed E-state index contributed by atoms with van der Waals surface area (Å²) in [7, 11) is 1.40. The predicted octanol–water partition coefficient (Wildman–Crippen LogP) is 3.69. The number of rotatable bonds is 4. The van der Waals surface area contributed by atoms with Gasteiger partial charge >= 0.3 is 5.97 Å². The number of nitrogens with one attached hydrogen (secondary N) is 1. The van der Waals surface area contributed by atoms with Crippen LogP contribution in [-0.4, -0.2) is 13.1 Å². The summed E-state index contributed by atoms with van der Waals surface area (Å²) in [5.74, 6) is -0.305. The molecule has 2 aromatic rings. The minimum absolute atomic E-state index is 0.305. The van der Waals surface area contributed by atoms with Crippen LogP contribution in [0, 0.1) is 3.57 Å². The summed E-state index contributed by atoms with van der Waals surface area (Å²) in [5.41, 5.74) is 2.58.